The smallest absolute Gasteiger partial charge is 0.234 e. The molecular formula is C20H20ClN5O2S. The lowest BCUT2D eigenvalue weighted by atomic mass is 10.2. The zero-order valence-electron chi connectivity index (χ0n) is 15.6. The second-order valence-corrected chi connectivity index (χ2v) is 7.80. The van der Waals surface area contributed by atoms with Crippen molar-refractivity contribution < 1.29 is 9.53 Å². The van der Waals surface area contributed by atoms with E-state index in [2.05, 4.69) is 20.4 Å². The van der Waals surface area contributed by atoms with Gasteiger partial charge in [0.25, 0.3) is 0 Å². The molecule has 0 unspecified atom stereocenters. The van der Waals surface area contributed by atoms with E-state index in [1.165, 1.54) is 11.8 Å². The number of anilines is 2. The Morgan fingerprint density at radius 3 is 2.83 bits per heavy atom. The molecule has 0 atom stereocenters. The van der Waals surface area contributed by atoms with E-state index < -0.39 is 0 Å². The Morgan fingerprint density at radius 2 is 2.00 bits per heavy atom. The van der Waals surface area contributed by atoms with E-state index in [0.717, 1.165) is 30.2 Å². The first-order valence-electron chi connectivity index (χ1n) is 9.21. The third-order valence-electron chi connectivity index (χ3n) is 4.47. The predicted octanol–water partition coefficient (Wildman–Crippen LogP) is 3.49. The number of carbonyl (C=O) groups is 1. The summed E-state index contributed by atoms with van der Waals surface area (Å²) in [6.07, 6.45) is 1.61. The molecule has 3 aromatic rings. The molecule has 0 radical (unpaired) electrons. The van der Waals surface area contributed by atoms with Crippen LogP contribution in [0.25, 0.3) is 5.69 Å². The normalized spacial score (nSPS) is 14.0. The first kappa shape index (κ1) is 19.8. The zero-order valence-corrected chi connectivity index (χ0v) is 17.2. The number of benzene rings is 2. The summed E-state index contributed by atoms with van der Waals surface area (Å²) in [5, 5.41) is 12.4. The van der Waals surface area contributed by atoms with Crippen LogP contribution in [0.1, 0.15) is 0 Å². The molecule has 0 saturated carbocycles. The molecule has 2 heterocycles. The summed E-state index contributed by atoms with van der Waals surface area (Å²) in [6, 6.07) is 15.2. The highest BCUT2D eigenvalue weighted by Crippen LogP contribution is 2.27. The van der Waals surface area contributed by atoms with Crippen LogP contribution in [0.5, 0.6) is 0 Å². The number of halogens is 1. The summed E-state index contributed by atoms with van der Waals surface area (Å²) in [5.41, 5.74) is 2.66. The van der Waals surface area contributed by atoms with Crippen molar-refractivity contribution in [2.24, 2.45) is 0 Å². The number of nitrogens with zero attached hydrogens (tertiary/aromatic N) is 4. The molecule has 0 bridgehead atoms. The molecule has 2 aromatic carbocycles. The number of thioether (sulfide) groups is 1. The summed E-state index contributed by atoms with van der Waals surface area (Å²) in [7, 11) is 0. The van der Waals surface area contributed by atoms with E-state index in [1.54, 1.807) is 6.33 Å². The molecule has 1 aliphatic heterocycles. The molecule has 1 aliphatic rings. The molecule has 9 heteroatoms. The number of ether oxygens (including phenoxy) is 1. The van der Waals surface area contributed by atoms with E-state index in [-0.39, 0.29) is 11.7 Å². The quantitative estimate of drug-likeness (QED) is 0.605. The highest BCUT2D eigenvalue weighted by Gasteiger charge is 2.16. The van der Waals surface area contributed by atoms with Crippen LogP contribution in [-0.2, 0) is 9.53 Å². The molecule has 0 aliphatic carbocycles. The third-order valence-corrected chi connectivity index (χ3v) is 5.64. The highest BCUT2D eigenvalue weighted by molar-refractivity contribution is 7.99. The van der Waals surface area contributed by atoms with Crippen molar-refractivity contribution in [2.45, 2.75) is 5.16 Å². The van der Waals surface area contributed by atoms with Crippen molar-refractivity contribution in [3.05, 3.63) is 59.9 Å². The Bertz CT molecular complexity index is 990. The van der Waals surface area contributed by atoms with Crippen molar-refractivity contribution >= 4 is 40.6 Å². The van der Waals surface area contributed by atoms with Crippen LogP contribution < -0.4 is 10.2 Å². The Labute approximate surface area is 178 Å². The van der Waals surface area contributed by atoms with Crippen LogP contribution in [0.4, 0.5) is 11.4 Å². The lowest BCUT2D eigenvalue weighted by Crippen LogP contribution is -2.36. The number of morpholine rings is 1. The Morgan fingerprint density at radius 1 is 1.17 bits per heavy atom. The van der Waals surface area contributed by atoms with Crippen molar-refractivity contribution in [3.63, 3.8) is 0 Å². The standard InChI is InChI=1S/C20H20ClN5O2S/c21-15-4-3-5-16(12-15)26-14-22-24-20(26)29-13-19(27)23-17-6-1-2-7-18(17)25-8-10-28-11-9-25/h1-7,12,14H,8-11,13H2,(H,23,27). The fourth-order valence-electron chi connectivity index (χ4n) is 3.10. The number of aromatic nitrogens is 3. The molecule has 1 aromatic heterocycles. The van der Waals surface area contributed by atoms with Gasteiger partial charge in [0.1, 0.15) is 6.33 Å². The van der Waals surface area contributed by atoms with Crippen molar-refractivity contribution in [1.29, 1.82) is 0 Å². The number of carbonyl (C=O) groups excluding carboxylic acids is 1. The maximum absolute atomic E-state index is 12.6. The zero-order chi connectivity index (χ0) is 20.1. The third kappa shape index (κ3) is 4.90. The molecule has 7 nitrogen and oxygen atoms in total. The molecule has 150 valence electrons. The molecule has 29 heavy (non-hydrogen) atoms. The lowest BCUT2D eigenvalue weighted by molar-refractivity contribution is -0.113. The van der Waals surface area contributed by atoms with Gasteiger partial charge in [-0.3, -0.25) is 9.36 Å². The van der Waals surface area contributed by atoms with Crippen molar-refractivity contribution in [1.82, 2.24) is 14.8 Å². The topological polar surface area (TPSA) is 72.3 Å². The van der Waals surface area contributed by atoms with Crippen LogP contribution in [0.15, 0.2) is 60.0 Å². The minimum atomic E-state index is -0.101. The van der Waals surface area contributed by atoms with Gasteiger partial charge in [0.05, 0.1) is 36.0 Å². The second kappa shape index (κ2) is 9.30. The predicted molar refractivity (Wildman–Crippen MR) is 115 cm³/mol. The van der Waals surface area contributed by atoms with E-state index in [9.17, 15) is 4.79 Å². The molecule has 1 amide bonds. The highest BCUT2D eigenvalue weighted by atomic mass is 35.5. The monoisotopic (exact) mass is 429 g/mol. The van der Waals surface area contributed by atoms with Gasteiger partial charge in [-0.1, -0.05) is 41.6 Å². The van der Waals surface area contributed by atoms with Crippen LogP contribution in [-0.4, -0.2) is 52.7 Å². The van der Waals surface area contributed by atoms with E-state index in [0.29, 0.717) is 23.4 Å². The number of nitrogens with one attached hydrogen (secondary N) is 1. The van der Waals surface area contributed by atoms with Gasteiger partial charge in [0, 0.05) is 18.1 Å². The molecule has 1 fully saturated rings. The van der Waals surface area contributed by atoms with Crippen LogP contribution in [0.2, 0.25) is 5.02 Å². The van der Waals surface area contributed by atoms with Crippen molar-refractivity contribution in [2.75, 3.05) is 42.3 Å². The van der Waals surface area contributed by atoms with Gasteiger partial charge in [-0.2, -0.15) is 0 Å². The van der Waals surface area contributed by atoms with Gasteiger partial charge in [0.2, 0.25) is 5.91 Å². The summed E-state index contributed by atoms with van der Waals surface area (Å²) < 4.78 is 7.23. The van der Waals surface area contributed by atoms with Gasteiger partial charge in [-0.05, 0) is 30.3 Å². The second-order valence-electron chi connectivity index (χ2n) is 6.42. The number of hydrogen-bond donors (Lipinski definition) is 1. The van der Waals surface area contributed by atoms with E-state index in [1.807, 2.05) is 53.1 Å². The van der Waals surface area contributed by atoms with E-state index >= 15 is 0 Å². The first-order valence-corrected chi connectivity index (χ1v) is 10.6. The average molecular weight is 430 g/mol. The van der Waals surface area contributed by atoms with Crippen LogP contribution in [0.3, 0.4) is 0 Å². The minimum Gasteiger partial charge on any atom is -0.378 e. The van der Waals surface area contributed by atoms with Gasteiger partial charge in [-0.25, -0.2) is 0 Å². The number of hydrogen-bond acceptors (Lipinski definition) is 6. The minimum absolute atomic E-state index is 0.101. The fourth-order valence-corrected chi connectivity index (χ4v) is 4.02. The largest absolute Gasteiger partial charge is 0.378 e. The maximum atomic E-state index is 12.6. The van der Waals surface area contributed by atoms with Gasteiger partial charge in [0.15, 0.2) is 5.16 Å². The molecular weight excluding hydrogens is 410 g/mol. The molecule has 0 spiro atoms. The summed E-state index contributed by atoms with van der Waals surface area (Å²) >= 11 is 7.40. The maximum Gasteiger partial charge on any atom is 0.234 e. The Balaban J connectivity index is 1.41. The van der Waals surface area contributed by atoms with Gasteiger partial charge < -0.3 is 15.0 Å². The Kier molecular flexibility index (Phi) is 6.33. The summed E-state index contributed by atoms with van der Waals surface area (Å²) in [6.45, 7) is 3.00. The first-order chi connectivity index (χ1) is 14.2. The fraction of sp³-hybridized carbons (Fsp3) is 0.250. The molecule has 4 rings (SSSR count). The lowest BCUT2D eigenvalue weighted by Gasteiger charge is -2.30. The number of rotatable bonds is 6. The molecule has 1 saturated heterocycles. The number of para-hydroxylation sites is 2. The number of amides is 1. The molecule has 1 N–H and O–H groups in total. The van der Waals surface area contributed by atoms with E-state index in [4.69, 9.17) is 16.3 Å². The van der Waals surface area contributed by atoms with Crippen molar-refractivity contribution in [3.8, 4) is 5.69 Å². The summed E-state index contributed by atoms with van der Waals surface area (Å²) in [5.74, 6) is 0.118. The SMILES string of the molecule is O=C(CSc1nncn1-c1cccc(Cl)c1)Nc1ccccc1N1CCOCC1. The summed E-state index contributed by atoms with van der Waals surface area (Å²) in [4.78, 5) is 14.8. The van der Waals surface area contributed by atoms with Crippen LogP contribution in [0, 0.1) is 0 Å². The van der Waals surface area contributed by atoms with Gasteiger partial charge >= 0.3 is 0 Å². The Hall–Kier alpha value is -2.55. The average Bonchev–Trinajstić information content (AvgIpc) is 3.22. The van der Waals surface area contributed by atoms with Crippen LogP contribution >= 0.6 is 23.4 Å². The van der Waals surface area contributed by atoms with Gasteiger partial charge in [-0.15, -0.1) is 10.2 Å².